The van der Waals surface area contributed by atoms with Gasteiger partial charge in [-0.05, 0) is 44.4 Å². The lowest BCUT2D eigenvalue weighted by Crippen LogP contribution is -2.41. The SMILES string of the molecule is CC(CCCO)NC(=O)NC(C)c1ccc(-n2ccnc2)cc1. The first kappa shape index (κ1) is 17.0. The number of hydrogen-bond acceptors (Lipinski definition) is 3. The number of carbonyl (C=O) groups excluding carboxylic acids is 1. The maximum Gasteiger partial charge on any atom is 0.315 e. The first-order valence-electron chi connectivity index (χ1n) is 7.86. The molecule has 0 fully saturated rings. The van der Waals surface area contributed by atoms with Crippen molar-refractivity contribution in [1.82, 2.24) is 20.2 Å². The van der Waals surface area contributed by atoms with Crippen molar-refractivity contribution in [2.75, 3.05) is 6.61 Å². The van der Waals surface area contributed by atoms with Crippen LogP contribution in [0.3, 0.4) is 0 Å². The molecule has 2 rings (SSSR count). The molecule has 1 heterocycles. The Labute approximate surface area is 136 Å². The molecule has 2 aromatic rings. The van der Waals surface area contributed by atoms with Gasteiger partial charge in [0.05, 0.1) is 12.4 Å². The Morgan fingerprint density at radius 3 is 2.61 bits per heavy atom. The topological polar surface area (TPSA) is 79.2 Å². The van der Waals surface area contributed by atoms with Gasteiger partial charge in [0.1, 0.15) is 0 Å². The van der Waals surface area contributed by atoms with Crippen LogP contribution in [0.15, 0.2) is 43.0 Å². The van der Waals surface area contributed by atoms with Gasteiger partial charge >= 0.3 is 6.03 Å². The molecular formula is C17H24N4O2. The van der Waals surface area contributed by atoms with Crippen molar-refractivity contribution in [3.63, 3.8) is 0 Å². The molecule has 6 nitrogen and oxygen atoms in total. The molecule has 6 heteroatoms. The van der Waals surface area contributed by atoms with Gasteiger partial charge in [0.2, 0.25) is 0 Å². The summed E-state index contributed by atoms with van der Waals surface area (Å²) < 4.78 is 1.93. The van der Waals surface area contributed by atoms with E-state index < -0.39 is 0 Å². The van der Waals surface area contributed by atoms with E-state index in [1.54, 1.807) is 12.5 Å². The molecule has 2 unspecified atom stereocenters. The van der Waals surface area contributed by atoms with E-state index in [1.807, 2.05) is 48.9 Å². The van der Waals surface area contributed by atoms with E-state index in [2.05, 4.69) is 15.6 Å². The smallest absolute Gasteiger partial charge is 0.315 e. The van der Waals surface area contributed by atoms with Gasteiger partial charge in [0.25, 0.3) is 0 Å². The molecule has 2 atom stereocenters. The number of aliphatic hydroxyl groups excluding tert-OH is 1. The Hall–Kier alpha value is -2.34. The standard InChI is InChI=1S/C17H24N4O2/c1-13(4-3-11-22)19-17(23)20-14(2)15-5-7-16(8-6-15)21-10-9-18-12-21/h5-10,12-14,22H,3-4,11H2,1-2H3,(H2,19,20,23). The second-order valence-corrected chi connectivity index (χ2v) is 5.67. The molecule has 1 aromatic heterocycles. The van der Waals surface area contributed by atoms with Gasteiger partial charge in [-0.1, -0.05) is 12.1 Å². The van der Waals surface area contributed by atoms with E-state index in [0.717, 1.165) is 17.7 Å². The fraction of sp³-hybridized carbons (Fsp3) is 0.412. The van der Waals surface area contributed by atoms with Crippen LogP contribution in [0.5, 0.6) is 0 Å². The van der Waals surface area contributed by atoms with Gasteiger partial charge < -0.3 is 20.3 Å². The summed E-state index contributed by atoms with van der Waals surface area (Å²) in [5, 5.41) is 14.6. The van der Waals surface area contributed by atoms with Gasteiger partial charge in [-0.2, -0.15) is 0 Å². The number of nitrogens with one attached hydrogen (secondary N) is 2. The lowest BCUT2D eigenvalue weighted by atomic mass is 10.1. The second kappa shape index (κ2) is 8.33. The number of urea groups is 1. The monoisotopic (exact) mass is 316 g/mol. The molecule has 2 amide bonds. The average Bonchev–Trinajstić information content (AvgIpc) is 3.07. The van der Waals surface area contributed by atoms with Crippen molar-refractivity contribution in [2.24, 2.45) is 0 Å². The zero-order valence-electron chi connectivity index (χ0n) is 13.6. The van der Waals surface area contributed by atoms with Gasteiger partial charge in [0, 0.05) is 30.7 Å². The van der Waals surface area contributed by atoms with Crippen LogP contribution in [0, 0.1) is 0 Å². The molecule has 0 spiro atoms. The van der Waals surface area contributed by atoms with Crippen LogP contribution in [0.4, 0.5) is 4.79 Å². The van der Waals surface area contributed by atoms with Crippen LogP contribution in [-0.4, -0.2) is 33.3 Å². The molecular weight excluding hydrogens is 292 g/mol. The van der Waals surface area contributed by atoms with Gasteiger partial charge in [0.15, 0.2) is 0 Å². The molecule has 0 aliphatic rings. The van der Waals surface area contributed by atoms with E-state index in [1.165, 1.54) is 0 Å². The zero-order chi connectivity index (χ0) is 16.7. The van der Waals surface area contributed by atoms with Crippen molar-refractivity contribution in [1.29, 1.82) is 0 Å². The highest BCUT2D eigenvalue weighted by Crippen LogP contribution is 2.15. The Morgan fingerprint density at radius 1 is 1.26 bits per heavy atom. The molecule has 3 N–H and O–H groups in total. The largest absolute Gasteiger partial charge is 0.396 e. The summed E-state index contributed by atoms with van der Waals surface area (Å²) in [6, 6.07) is 7.75. The molecule has 124 valence electrons. The van der Waals surface area contributed by atoms with E-state index in [4.69, 9.17) is 5.11 Å². The summed E-state index contributed by atoms with van der Waals surface area (Å²) in [5.41, 5.74) is 2.06. The fourth-order valence-corrected chi connectivity index (χ4v) is 2.36. The van der Waals surface area contributed by atoms with Crippen LogP contribution in [0.25, 0.3) is 5.69 Å². The van der Waals surface area contributed by atoms with Crippen LogP contribution >= 0.6 is 0 Å². The molecule has 23 heavy (non-hydrogen) atoms. The molecule has 0 saturated heterocycles. The molecule has 1 aromatic carbocycles. The first-order chi connectivity index (χ1) is 11.1. The average molecular weight is 316 g/mol. The van der Waals surface area contributed by atoms with Crippen LogP contribution in [0.2, 0.25) is 0 Å². The Balaban J connectivity index is 1.87. The van der Waals surface area contributed by atoms with E-state index in [0.29, 0.717) is 6.42 Å². The minimum absolute atomic E-state index is 0.0398. The normalized spacial score (nSPS) is 13.3. The minimum atomic E-state index is -0.193. The summed E-state index contributed by atoms with van der Waals surface area (Å²) in [4.78, 5) is 16.0. The zero-order valence-corrected chi connectivity index (χ0v) is 13.6. The highest BCUT2D eigenvalue weighted by molar-refractivity contribution is 5.74. The highest BCUT2D eigenvalue weighted by Gasteiger charge is 2.11. The van der Waals surface area contributed by atoms with Crippen LogP contribution in [0.1, 0.15) is 38.3 Å². The Morgan fingerprint density at radius 2 is 2.00 bits per heavy atom. The molecule has 0 aliphatic heterocycles. The van der Waals surface area contributed by atoms with Crippen molar-refractivity contribution < 1.29 is 9.90 Å². The second-order valence-electron chi connectivity index (χ2n) is 5.67. The van der Waals surface area contributed by atoms with Crippen LogP contribution in [-0.2, 0) is 0 Å². The van der Waals surface area contributed by atoms with Crippen LogP contribution < -0.4 is 10.6 Å². The third-order valence-corrected chi connectivity index (χ3v) is 3.72. The Bertz CT molecular complexity index is 596. The number of aliphatic hydroxyl groups is 1. The van der Waals surface area contributed by atoms with Gasteiger partial charge in [-0.15, -0.1) is 0 Å². The van der Waals surface area contributed by atoms with E-state index in [-0.39, 0.29) is 24.7 Å². The predicted molar refractivity (Wildman–Crippen MR) is 89.4 cm³/mol. The summed E-state index contributed by atoms with van der Waals surface area (Å²) in [5.74, 6) is 0. The molecule has 0 bridgehead atoms. The fourth-order valence-electron chi connectivity index (χ4n) is 2.36. The highest BCUT2D eigenvalue weighted by atomic mass is 16.3. The predicted octanol–water partition coefficient (Wildman–Crippen LogP) is 2.39. The lowest BCUT2D eigenvalue weighted by molar-refractivity contribution is 0.231. The molecule has 0 radical (unpaired) electrons. The number of aromatic nitrogens is 2. The number of hydrogen-bond donors (Lipinski definition) is 3. The van der Waals surface area contributed by atoms with Crippen molar-refractivity contribution in [2.45, 2.75) is 38.8 Å². The maximum atomic E-state index is 12.0. The number of rotatable bonds is 7. The quantitative estimate of drug-likeness (QED) is 0.734. The summed E-state index contributed by atoms with van der Waals surface area (Å²) in [7, 11) is 0. The third-order valence-electron chi connectivity index (χ3n) is 3.72. The minimum Gasteiger partial charge on any atom is -0.396 e. The Kier molecular flexibility index (Phi) is 6.17. The van der Waals surface area contributed by atoms with Crippen molar-refractivity contribution in [3.8, 4) is 5.69 Å². The van der Waals surface area contributed by atoms with E-state index >= 15 is 0 Å². The summed E-state index contributed by atoms with van der Waals surface area (Å²) >= 11 is 0. The maximum absolute atomic E-state index is 12.0. The number of nitrogens with zero attached hydrogens (tertiary/aromatic N) is 2. The van der Waals surface area contributed by atoms with Gasteiger partial charge in [-0.25, -0.2) is 9.78 Å². The number of amides is 2. The third kappa shape index (κ3) is 5.10. The number of imidazole rings is 1. The first-order valence-corrected chi connectivity index (χ1v) is 7.86. The van der Waals surface area contributed by atoms with E-state index in [9.17, 15) is 4.79 Å². The van der Waals surface area contributed by atoms with Crippen molar-refractivity contribution >= 4 is 6.03 Å². The summed E-state index contributed by atoms with van der Waals surface area (Å²) in [6.07, 6.45) is 6.82. The molecule has 0 saturated carbocycles. The number of benzene rings is 1. The van der Waals surface area contributed by atoms with Gasteiger partial charge in [-0.3, -0.25) is 0 Å². The molecule has 0 aliphatic carbocycles. The summed E-state index contributed by atoms with van der Waals surface area (Å²) in [6.45, 7) is 4.03. The number of carbonyl (C=O) groups is 1. The van der Waals surface area contributed by atoms with Crippen molar-refractivity contribution in [3.05, 3.63) is 48.5 Å². The lowest BCUT2D eigenvalue weighted by Gasteiger charge is -2.18.